The number of benzene rings is 2. The van der Waals surface area contributed by atoms with Crippen LogP contribution in [0.5, 0.6) is 23.0 Å². The maximum Gasteiger partial charge on any atom is 0.231 e. The van der Waals surface area contributed by atoms with Gasteiger partial charge in [0.1, 0.15) is 16.5 Å². The molecule has 1 unspecified atom stereocenters. The Bertz CT molecular complexity index is 1260. The molecule has 0 aliphatic carbocycles. The first-order valence-corrected chi connectivity index (χ1v) is 12.1. The minimum Gasteiger partial charge on any atom is -0.497 e. The van der Waals surface area contributed by atoms with E-state index in [0.29, 0.717) is 5.75 Å². The van der Waals surface area contributed by atoms with E-state index in [0.717, 1.165) is 50.2 Å². The molecule has 5 rings (SSSR count). The number of hydrogen-bond acceptors (Lipinski definition) is 9. The van der Waals surface area contributed by atoms with Gasteiger partial charge in [0.25, 0.3) is 0 Å². The summed E-state index contributed by atoms with van der Waals surface area (Å²) < 4.78 is 24.0. The molecule has 33 heavy (non-hydrogen) atoms. The largest absolute Gasteiger partial charge is 0.497 e. The number of fused-ring (bicyclic) bond motifs is 1. The number of methoxy groups -OCH3 is 1. The summed E-state index contributed by atoms with van der Waals surface area (Å²) >= 11 is 3.20. The van der Waals surface area contributed by atoms with Gasteiger partial charge in [0, 0.05) is 23.7 Å². The molecule has 8 nitrogen and oxygen atoms in total. The molecule has 1 aliphatic heterocycles. The zero-order valence-electron chi connectivity index (χ0n) is 18.3. The molecule has 0 amide bonds. The van der Waals surface area contributed by atoms with Gasteiger partial charge in [0.15, 0.2) is 28.6 Å². The molecule has 0 N–H and O–H groups in total. The smallest absolute Gasteiger partial charge is 0.231 e. The van der Waals surface area contributed by atoms with Gasteiger partial charge in [-0.15, -0.1) is 21.5 Å². The summed E-state index contributed by atoms with van der Waals surface area (Å²) in [6.07, 6.45) is -0.248. The van der Waals surface area contributed by atoms with Gasteiger partial charge in [-0.25, -0.2) is 4.98 Å². The highest BCUT2D eigenvalue weighted by Gasteiger charge is 2.19. The zero-order valence-corrected chi connectivity index (χ0v) is 20.0. The highest BCUT2D eigenvalue weighted by Crippen LogP contribution is 2.37. The van der Waals surface area contributed by atoms with E-state index in [1.54, 1.807) is 30.2 Å². The first kappa shape index (κ1) is 21.6. The van der Waals surface area contributed by atoms with Crippen LogP contribution in [-0.4, -0.2) is 33.7 Å². The highest BCUT2D eigenvalue weighted by molar-refractivity contribution is 7.98. The monoisotopic (exact) mass is 482 g/mol. The number of thioether (sulfide) groups is 1. The summed E-state index contributed by atoms with van der Waals surface area (Å²) in [6, 6.07) is 13.4. The minimum atomic E-state index is -0.248. The van der Waals surface area contributed by atoms with Crippen LogP contribution in [0.1, 0.15) is 24.5 Å². The molecule has 0 saturated heterocycles. The first-order chi connectivity index (χ1) is 16.1. The van der Waals surface area contributed by atoms with E-state index >= 15 is 0 Å². The molecule has 3 heterocycles. The Morgan fingerprint density at radius 1 is 1.09 bits per heavy atom. The Labute approximate surface area is 199 Å². The van der Waals surface area contributed by atoms with E-state index in [1.165, 1.54) is 0 Å². The summed E-state index contributed by atoms with van der Waals surface area (Å²) in [5.74, 6) is 4.52. The van der Waals surface area contributed by atoms with E-state index in [9.17, 15) is 0 Å². The van der Waals surface area contributed by atoms with Crippen LogP contribution in [0.3, 0.4) is 0 Å². The Morgan fingerprint density at radius 3 is 2.70 bits per heavy atom. The Balaban J connectivity index is 1.22. The molecule has 4 aromatic rings. The van der Waals surface area contributed by atoms with E-state index < -0.39 is 0 Å². The topological polar surface area (TPSA) is 80.5 Å². The standard InChI is InChI=1S/C23H22N4O4S2/c1-14(31-18-7-5-17(28-3)6-8-18)21-25-26-23(27(21)2)33-12-16-11-32-22(24-16)15-4-9-19-20(10-15)30-13-29-19/h4-11,14H,12-13H2,1-3H3. The maximum atomic E-state index is 6.02. The lowest BCUT2D eigenvalue weighted by molar-refractivity contribution is 0.174. The van der Waals surface area contributed by atoms with Crippen LogP contribution in [0.2, 0.25) is 0 Å². The van der Waals surface area contributed by atoms with Crippen LogP contribution in [0.15, 0.2) is 53.0 Å². The quantitative estimate of drug-likeness (QED) is 0.321. The van der Waals surface area contributed by atoms with Crippen molar-refractivity contribution in [2.75, 3.05) is 13.9 Å². The molecule has 0 spiro atoms. The summed E-state index contributed by atoms with van der Waals surface area (Å²) in [5, 5.41) is 12.5. The van der Waals surface area contributed by atoms with Crippen LogP contribution in [0, 0.1) is 0 Å². The fourth-order valence-electron chi connectivity index (χ4n) is 3.39. The van der Waals surface area contributed by atoms with Crippen molar-refractivity contribution in [1.29, 1.82) is 0 Å². The second-order valence-electron chi connectivity index (χ2n) is 7.34. The van der Waals surface area contributed by atoms with Gasteiger partial charge >= 0.3 is 0 Å². The molecule has 170 valence electrons. The number of thiazole rings is 1. The van der Waals surface area contributed by atoms with Gasteiger partial charge in [-0.2, -0.15) is 0 Å². The molecule has 1 aliphatic rings. The third kappa shape index (κ3) is 4.62. The fraction of sp³-hybridized carbons (Fsp3) is 0.261. The van der Waals surface area contributed by atoms with Crippen molar-refractivity contribution in [2.24, 2.45) is 7.05 Å². The third-order valence-corrected chi connectivity index (χ3v) is 7.12. The second-order valence-corrected chi connectivity index (χ2v) is 9.14. The Morgan fingerprint density at radius 2 is 1.88 bits per heavy atom. The number of rotatable bonds is 8. The minimum absolute atomic E-state index is 0.248. The predicted molar refractivity (Wildman–Crippen MR) is 126 cm³/mol. The van der Waals surface area contributed by atoms with Gasteiger partial charge < -0.3 is 23.5 Å². The number of aromatic nitrogens is 4. The molecular formula is C23H22N4O4S2. The zero-order chi connectivity index (χ0) is 22.8. The van der Waals surface area contributed by atoms with Crippen molar-refractivity contribution in [2.45, 2.75) is 23.9 Å². The molecule has 2 aromatic carbocycles. The van der Waals surface area contributed by atoms with Crippen molar-refractivity contribution in [3.8, 4) is 33.6 Å². The van der Waals surface area contributed by atoms with Crippen molar-refractivity contribution in [3.63, 3.8) is 0 Å². The van der Waals surface area contributed by atoms with Gasteiger partial charge in [-0.05, 0) is 49.4 Å². The van der Waals surface area contributed by atoms with E-state index in [2.05, 4.69) is 15.6 Å². The number of nitrogens with zero attached hydrogens (tertiary/aromatic N) is 4. The lowest BCUT2D eigenvalue weighted by Gasteiger charge is -2.14. The lowest BCUT2D eigenvalue weighted by atomic mass is 10.2. The Hall–Kier alpha value is -3.24. The molecular weight excluding hydrogens is 460 g/mol. The number of ether oxygens (including phenoxy) is 4. The summed E-state index contributed by atoms with van der Waals surface area (Å²) in [6.45, 7) is 2.22. The van der Waals surface area contributed by atoms with E-state index in [-0.39, 0.29) is 12.9 Å². The lowest BCUT2D eigenvalue weighted by Crippen LogP contribution is -2.10. The average molecular weight is 483 g/mol. The van der Waals surface area contributed by atoms with Crippen molar-refractivity contribution < 1.29 is 18.9 Å². The van der Waals surface area contributed by atoms with Gasteiger partial charge in [0.05, 0.1) is 12.8 Å². The van der Waals surface area contributed by atoms with Crippen LogP contribution in [0.25, 0.3) is 10.6 Å². The molecule has 0 saturated carbocycles. The highest BCUT2D eigenvalue weighted by atomic mass is 32.2. The van der Waals surface area contributed by atoms with Gasteiger partial charge in [-0.3, -0.25) is 0 Å². The molecule has 10 heteroatoms. The van der Waals surface area contributed by atoms with E-state index in [1.807, 2.05) is 61.0 Å². The van der Waals surface area contributed by atoms with Crippen LogP contribution in [-0.2, 0) is 12.8 Å². The van der Waals surface area contributed by atoms with E-state index in [4.69, 9.17) is 23.9 Å². The van der Waals surface area contributed by atoms with Gasteiger partial charge in [-0.1, -0.05) is 11.8 Å². The molecule has 0 bridgehead atoms. The van der Waals surface area contributed by atoms with Crippen LogP contribution >= 0.6 is 23.1 Å². The summed E-state index contributed by atoms with van der Waals surface area (Å²) in [5.41, 5.74) is 2.01. The van der Waals surface area contributed by atoms with Crippen molar-refractivity contribution >= 4 is 23.1 Å². The third-order valence-electron chi connectivity index (χ3n) is 5.12. The molecule has 2 aromatic heterocycles. The first-order valence-electron chi connectivity index (χ1n) is 10.3. The van der Waals surface area contributed by atoms with Crippen molar-refractivity contribution in [1.82, 2.24) is 19.7 Å². The molecule has 0 fully saturated rings. The predicted octanol–water partition coefficient (Wildman–Crippen LogP) is 5.11. The fourth-order valence-corrected chi connectivity index (χ4v) is 5.12. The maximum absolute atomic E-state index is 6.02. The molecule has 1 atom stereocenters. The molecule has 0 radical (unpaired) electrons. The van der Waals surface area contributed by atoms with Crippen molar-refractivity contribution in [3.05, 3.63) is 59.4 Å². The summed E-state index contributed by atoms with van der Waals surface area (Å²) in [7, 11) is 3.59. The van der Waals surface area contributed by atoms with Crippen LogP contribution < -0.4 is 18.9 Å². The van der Waals surface area contributed by atoms with Crippen LogP contribution in [0.4, 0.5) is 0 Å². The van der Waals surface area contributed by atoms with Gasteiger partial charge in [0.2, 0.25) is 6.79 Å². The number of hydrogen-bond donors (Lipinski definition) is 0. The Kier molecular flexibility index (Phi) is 6.10. The second kappa shape index (κ2) is 9.32. The SMILES string of the molecule is COc1ccc(OC(C)c2nnc(SCc3csc(-c4ccc5c(c4)OCO5)n3)n2C)cc1. The average Bonchev–Trinajstić information content (AvgIpc) is 3.57. The summed E-state index contributed by atoms with van der Waals surface area (Å²) in [4.78, 5) is 4.77. The normalized spacial score (nSPS) is 13.2.